The lowest BCUT2D eigenvalue weighted by Crippen LogP contribution is -2.29. The number of hydrogen-bond acceptors (Lipinski definition) is 18. The number of benzene rings is 4. The fraction of sp³-hybridized carbons (Fsp3) is 0.475. The van der Waals surface area contributed by atoms with E-state index in [0.717, 1.165) is 129 Å². The van der Waals surface area contributed by atoms with E-state index in [9.17, 15) is 30.0 Å². The summed E-state index contributed by atoms with van der Waals surface area (Å²) < 4.78 is 36.6. The van der Waals surface area contributed by atoms with Crippen LogP contribution in [0.4, 0.5) is 0 Å². The van der Waals surface area contributed by atoms with E-state index >= 15 is 0 Å². The van der Waals surface area contributed by atoms with E-state index in [2.05, 4.69) is 45.8 Å². The summed E-state index contributed by atoms with van der Waals surface area (Å²) in [6, 6.07) is 14.4. The second-order valence-corrected chi connectivity index (χ2v) is 19.5. The first-order valence-corrected chi connectivity index (χ1v) is 26.4. The Labute approximate surface area is 467 Å². The number of ketones is 2. The third-order valence-corrected chi connectivity index (χ3v) is 14.0. The molecule has 4 aliphatic heterocycles. The fourth-order valence-electron chi connectivity index (χ4n) is 9.33. The van der Waals surface area contributed by atoms with E-state index < -0.39 is 0 Å². The number of hydrogen-bond donors (Lipinski definition) is 5. The van der Waals surface area contributed by atoms with Gasteiger partial charge in [-0.3, -0.25) is 9.59 Å². The van der Waals surface area contributed by atoms with E-state index in [4.69, 9.17) is 38.3 Å². The molecule has 434 valence electrons. The topological polar surface area (TPSA) is 213 Å². The van der Waals surface area contributed by atoms with Crippen molar-refractivity contribution in [2.45, 2.75) is 65.5 Å². The van der Waals surface area contributed by atoms with E-state index in [0.29, 0.717) is 45.7 Å². The highest BCUT2D eigenvalue weighted by atomic mass is 16.5. The molecule has 79 heavy (non-hydrogen) atoms. The largest absolute Gasteiger partial charge is 0.506 e. The molecule has 4 heterocycles. The van der Waals surface area contributed by atoms with Gasteiger partial charge in [0.25, 0.3) is 0 Å². The van der Waals surface area contributed by atoms with Crippen LogP contribution in [0, 0.1) is 0 Å². The molecule has 0 amide bonds. The van der Waals surface area contributed by atoms with Gasteiger partial charge in [0, 0.05) is 100 Å². The van der Waals surface area contributed by atoms with Crippen LogP contribution in [-0.4, -0.2) is 187 Å². The van der Waals surface area contributed by atoms with Gasteiger partial charge in [-0.05, 0) is 124 Å². The van der Waals surface area contributed by atoms with E-state index in [1.165, 1.54) is 25.2 Å². The maximum absolute atomic E-state index is 11.8. The van der Waals surface area contributed by atoms with Crippen molar-refractivity contribution in [3.8, 4) is 46.0 Å². The molecule has 0 saturated carbocycles. The third-order valence-electron chi connectivity index (χ3n) is 14.0. The fourth-order valence-corrected chi connectivity index (χ4v) is 9.33. The molecule has 5 N–H and O–H groups in total. The van der Waals surface area contributed by atoms with Crippen LogP contribution in [0.15, 0.2) is 66.8 Å². The van der Waals surface area contributed by atoms with Crippen LogP contribution in [0.5, 0.6) is 46.0 Å². The Hall–Kier alpha value is -6.48. The van der Waals surface area contributed by atoms with Crippen LogP contribution in [0.2, 0.25) is 0 Å². The molecule has 18 nitrogen and oxygen atoms in total. The van der Waals surface area contributed by atoms with Crippen molar-refractivity contribution < 1.29 is 68.3 Å². The first-order valence-electron chi connectivity index (χ1n) is 26.4. The number of carbonyl (C=O) groups excluding carboxylic acids is 2. The van der Waals surface area contributed by atoms with Gasteiger partial charge < -0.3 is 78.3 Å². The van der Waals surface area contributed by atoms with Gasteiger partial charge in [0.1, 0.15) is 57.3 Å². The second-order valence-electron chi connectivity index (χ2n) is 19.5. The highest BCUT2D eigenvalue weighted by Crippen LogP contribution is 2.41. The van der Waals surface area contributed by atoms with Crippen LogP contribution in [0.25, 0.3) is 16.7 Å². The van der Waals surface area contributed by atoms with Gasteiger partial charge >= 0.3 is 0 Å². The van der Waals surface area contributed by atoms with Crippen LogP contribution in [0.3, 0.4) is 0 Å². The summed E-state index contributed by atoms with van der Waals surface area (Å²) in [6.07, 6.45) is 10.6. The smallest absolute Gasteiger partial charge is 0.167 e. The molecule has 0 aliphatic carbocycles. The number of nitrogens with zero attached hydrogens (tertiary/aromatic N) is 4. The van der Waals surface area contributed by atoms with Gasteiger partial charge in [0.15, 0.2) is 5.78 Å². The number of aromatic hydroxyl groups is 1. The van der Waals surface area contributed by atoms with Crippen molar-refractivity contribution in [3.05, 3.63) is 111 Å². The zero-order chi connectivity index (χ0) is 58.2. The first kappa shape index (κ1) is 65.0. The monoisotopic (exact) mass is 1100 g/mol. The number of carbonyl (C=O) groups is 2. The number of phenolic OH excluding ortho intramolecular Hbond substituents is 1. The molecule has 18 heteroatoms. The van der Waals surface area contributed by atoms with Crippen molar-refractivity contribution >= 4 is 28.3 Å². The maximum atomic E-state index is 11.8. The Bertz CT molecular complexity index is 2520. The molecule has 4 aromatic rings. The van der Waals surface area contributed by atoms with Crippen molar-refractivity contribution in [1.82, 2.24) is 19.6 Å². The first-order chi connectivity index (χ1) is 38.0. The molecule has 1 fully saturated rings. The molecule has 4 aromatic carbocycles. The normalized spacial score (nSPS) is 15.8. The van der Waals surface area contributed by atoms with E-state index in [1.54, 1.807) is 66.9 Å². The van der Waals surface area contributed by atoms with Crippen LogP contribution in [0.1, 0.15) is 88.3 Å². The number of piperidine rings is 1. The van der Waals surface area contributed by atoms with Crippen molar-refractivity contribution in [3.63, 3.8) is 0 Å². The lowest BCUT2D eigenvalue weighted by Gasteiger charge is -2.25. The van der Waals surface area contributed by atoms with Gasteiger partial charge in [-0.25, -0.2) is 0 Å². The number of aliphatic hydroxyl groups excluding tert-OH is 4. The molecule has 0 unspecified atom stereocenters. The van der Waals surface area contributed by atoms with Crippen LogP contribution in [-0.2, 0) is 31.2 Å². The maximum Gasteiger partial charge on any atom is 0.167 e. The molecule has 4 aliphatic rings. The molecule has 0 atom stereocenters. The summed E-state index contributed by atoms with van der Waals surface area (Å²) in [5.41, 5.74) is 9.26. The summed E-state index contributed by atoms with van der Waals surface area (Å²) in [5, 5.41) is 48.2. The number of methoxy groups -OCH3 is 7. The summed E-state index contributed by atoms with van der Waals surface area (Å²) in [6.45, 7) is 8.59. The Kier molecular flexibility index (Phi) is 27.3. The summed E-state index contributed by atoms with van der Waals surface area (Å²) in [7, 11) is 19.4. The molecule has 0 spiro atoms. The van der Waals surface area contributed by atoms with Gasteiger partial charge in [0.2, 0.25) is 0 Å². The second kappa shape index (κ2) is 33.2. The number of Topliss-reactive ketones (excluding diaryl/α,β-unsaturated/α-hetero) is 2. The number of likely N-dealkylation sites (tertiary alicyclic amines) is 1. The molecular weight excluding hydrogens is 1010 g/mol. The zero-order valence-electron chi connectivity index (χ0n) is 48.6. The van der Waals surface area contributed by atoms with Crippen molar-refractivity contribution in [2.75, 3.05) is 130 Å². The standard InChI is InChI=1S/C16H21NO4.2C15H21NO3.C9H12O3.C6H11NO/c1-10(19)14-13(21-3)8-12(9-18)15(16(14)20)11-4-6-17(2)7-5-11;2*1-16-6-4-11(5-7-16)15-12(10-17)8-13(18-2)9-14(15)19-3;1-11-8-3-7(6-10)4-9(5-8)12-2;1-7-4-2-6(8)3-5-7/h4,8,18,20H,5-7,9H2,1-3H3;2*4,8-9,17H,5-7,10H2,1-3H3;3-5,10H,6H2,1-2H3;2-5H2,1H3. The zero-order valence-corrected chi connectivity index (χ0v) is 48.6. The molecule has 0 bridgehead atoms. The minimum absolute atomic E-state index is 0.00639. The quantitative estimate of drug-likeness (QED) is 0.0750. The SMILES string of the molecule is CN1CCC(=O)CC1.COc1cc(CO)c(C2=CCN(C)CC2)c(O)c1C(C)=O.COc1cc(CO)c(C2=CCN(C)CC2)c(OC)c1.COc1cc(CO)c(C2=CCN(C)CC2)c(OC)c1.COc1cc(CO)cc(OC)c1. The number of rotatable bonds is 15. The predicted octanol–water partition coefficient (Wildman–Crippen LogP) is 7.12. The van der Waals surface area contributed by atoms with Gasteiger partial charge in [-0.15, -0.1) is 0 Å². The molecular formula is C61H86N4O14. The van der Waals surface area contributed by atoms with Crippen molar-refractivity contribution in [2.24, 2.45) is 0 Å². The average Bonchev–Trinajstić information content (AvgIpc) is 3.51. The van der Waals surface area contributed by atoms with Gasteiger partial charge in [-0.2, -0.15) is 0 Å². The number of ether oxygens (including phenoxy) is 7. The van der Waals surface area contributed by atoms with Gasteiger partial charge in [0.05, 0.1) is 76.2 Å². The van der Waals surface area contributed by atoms with E-state index in [1.807, 2.05) is 44.4 Å². The van der Waals surface area contributed by atoms with Gasteiger partial charge in [-0.1, -0.05) is 18.2 Å². The Balaban J connectivity index is 0.000000219. The summed E-state index contributed by atoms with van der Waals surface area (Å²) >= 11 is 0. The lowest BCUT2D eigenvalue weighted by atomic mass is 9.90. The Morgan fingerprint density at radius 1 is 0.443 bits per heavy atom. The highest BCUT2D eigenvalue weighted by Gasteiger charge is 2.25. The lowest BCUT2D eigenvalue weighted by molar-refractivity contribution is -0.121. The Morgan fingerprint density at radius 3 is 1.10 bits per heavy atom. The minimum Gasteiger partial charge on any atom is -0.506 e. The molecule has 8 rings (SSSR count). The summed E-state index contributed by atoms with van der Waals surface area (Å²) in [5.74, 6) is 4.68. The molecule has 1 saturated heterocycles. The van der Waals surface area contributed by atoms with E-state index in [-0.39, 0.29) is 43.5 Å². The number of aliphatic hydroxyl groups is 4. The van der Waals surface area contributed by atoms with Crippen molar-refractivity contribution in [1.29, 1.82) is 0 Å². The third kappa shape index (κ3) is 18.8. The number of likely N-dealkylation sites (N-methyl/N-ethyl adjacent to an activating group) is 3. The van der Waals surface area contributed by atoms with Crippen LogP contribution >= 0.6 is 0 Å². The van der Waals surface area contributed by atoms with Crippen LogP contribution < -0.4 is 33.2 Å². The minimum atomic E-state index is -0.261. The number of phenols is 1. The summed E-state index contributed by atoms with van der Waals surface area (Å²) in [4.78, 5) is 31.3. The molecule has 0 radical (unpaired) electrons. The predicted molar refractivity (Wildman–Crippen MR) is 309 cm³/mol. The highest BCUT2D eigenvalue weighted by molar-refractivity contribution is 6.01. The molecule has 0 aromatic heterocycles. The Morgan fingerprint density at radius 2 is 0.797 bits per heavy atom. The average molecular weight is 1100 g/mol.